The molecule has 0 fully saturated rings. The standard InChI is InChI=1S/C6H16N.Li.H2O4S/c1-5-7(3,4)6-2;;1-5(2,3)4/h5-6H2,1-4H3;;(H2,1,2,3,4)/q2*+1;/p-2. The number of rotatable bonds is 2. The van der Waals surface area contributed by atoms with E-state index < -0.39 is 10.4 Å². The van der Waals surface area contributed by atoms with Gasteiger partial charge in [0.25, 0.3) is 0 Å². The summed E-state index contributed by atoms with van der Waals surface area (Å²) in [6.07, 6.45) is 0. The van der Waals surface area contributed by atoms with Crippen LogP contribution in [0.2, 0.25) is 0 Å². The molecule has 0 N–H and O–H groups in total. The summed E-state index contributed by atoms with van der Waals surface area (Å²) in [6, 6.07) is 0. The smallest absolute Gasteiger partial charge is 0.759 e. The maximum absolute atomic E-state index is 8.52. The molecule has 0 aromatic rings. The molecule has 76 valence electrons. The molecule has 0 aliphatic heterocycles. The zero-order chi connectivity index (χ0) is 10.4. The van der Waals surface area contributed by atoms with Crippen molar-refractivity contribution >= 4 is 10.4 Å². The van der Waals surface area contributed by atoms with Crippen LogP contribution in [0.15, 0.2) is 0 Å². The van der Waals surface area contributed by atoms with E-state index in [0.717, 1.165) is 4.48 Å². The minimum atomic E-state index is -5.17. The summed E-state index contributed by atoms with van der Waals surface area (Å²) >= 11 is 0. The van der Waals surface area contributed by atoms with E-state index in [1.807, 2.05) is 0 Å². The van der Waals surface area contributed by atoms with Gasteiger partial charge in [-0.15, -0.1) is 0 Å². The molecule has 13 heavy (non-hydrogen) atoms. The molecule has 0 amide bonds. The Bertz CT molecular complexity index is 189. The summed E-state index contributed by atoms with van der Waals surface area (Å²) in [4.78, 5) is 0. The molecule has 0 saturated carbocycles. The van der Waals surface area contributed by atoms with E-state index in [1.165, 1.54) is 13.1 Å². The maximum atomic E-state index is 8.52. The van der Waals surface area contributed by atoms with E-state index in [9.17, 15) is 0 Å². The summed E-state index contributed by atoms with van der Waals surface area (Å²) in [7, 11) is -0.694. The first-order valence-electron chi connectivity index (χ1n) is 3.61. The molecule has 0 bridgehead atoms. The van der Waals surface area contributed by atoms with E-state index in [2.05, 4.69) is 27.9 Å². The van der Waals surface area contributed by atoms with E-state index in [0.29, 0.717) is 0 Å². The van der Waals surface area contributed by atoms with E-state index >= 15 is 0 Å². The fourth-order valence-electron chi connectivity index (χ4n) is 0.224. The summed E-state index contributed by atoms with van der Waals surface area (Å²) < 4.78 is 35.2. The van der Waals surface area contributed by atoms with E-state index in [-0.39, 0.29) is 18.9 Å². The van der Waals surface area contributed by atoms with Gasteiger partial charge in [-0.1, -0.05) is 0 Å². The third-order valence-electron chi connectivity index (χ3n) is 1.71. The van der Waals surface area contributed by atoms with Crippen molar-refractivity contribution in [2.45, 2.75) is 13.8 Å². The van der Waals surface area contributed by atoms with Crippen LogP contribution < -0.4 is 18.9 Å². The van der Waals surface area contributed by atoms with Crippen LogP contribution in [0, 0.1) is 0 Å². The zero-order valence-corrected chi connectivity index (χ0v) is 9.72. The monoisotopic (exact) mass is 205 g/mol. The third-order valence-corrected chi connectivity index (χ3v) is 1.71. The second-order valence-electron chi connectivity index (χ2n) is 2.98. The molecule has 0 aliphatic carbocycles. The molecule has 0 heterocycles. The third kappa shape index (κ3) is 32.7. The summed E-state index contributed by atoms with van der Waals surface area (Å²) in [5.41, 5.74) is 0. The molecule has 0 radical (unpaired) electrons. The molecule has 0 unspecified atom stereocenters. The number of nitrogens with zero attached hydrogens (tertiary/aromatic N) is 1. The van der Waals surface area contributed by atoms with Crippen LogP contribution in [0.4, 0.5) is 0 Å². The van der Waals surface area contributed by atoms with Gasteiger partial charge >= 0.3 is 18.9 Å². The number of quaternary nitrogens is 1. The van der Waals surface area contributed by atoms with Crippen molar-refractivity contribution in [2.75, 3.05) is 27.2 Å². The summed E-state index contributed by atoms with van der Waals surface area (Å²) in [5, 5.41) is 0. The molecule has 0 saturated heterocycles. The van der Waals surface area contributed by atoms with Crippen LogP contribution in [0.25, 0.3) is 0 Å². The first-order valence-corrected chi connectivity index (χ1v) is 4.94. The largest absolute Gasteiger partial charge is 1.00 e. The molecular formula is C6H16LiNO4S. The van der Waals surface area contributed by atoms with Gasteiger partial charge in [0, 0.05) is 10.4 Å². The van der Waals surface area contributed by atoms with Crippen molar-refractivity contribution in [1.29, 1.82) is 0 Å². The Morgan fingerprint density at radius 3 is 1.23 bits per heavy atom. The Hall–Kier alpha value is 0.427. The Morgan fingerprint density at radius 2 is 1.23 bits per heavy atom. The summed E-state index contributed by atoms with van der Waals surface area (Å²) in [5.74, 6) is 0. The van der Waals surface area contributed by atoms with Crippen LogP contribution in [0.3, 0.4) is 0 Å². The molecule has 7 heteroatoms. The van der Waals surface area contributed by atoms with Crippen LogP contribution in [0.1, 0.15) is 13.8 Å². The second-order valence-corrected chi connectivity index (χ2v) is 3.79. The Labute approximate surface area is 92.5 Å². The molecule has 5 nitrogen and oxygen atoms in total. The van der Waals surface area contributed by atoms with Gasteiger partial charge in [0.1, 0.15) is 0 Å². The normalized spacial score (nSPS) is 10.9. The van der Waals surface area contributed by atoms with Crippen LogP contribution in [0.5, 0.6) is 0 Å². The van der Waals surface area contributed by atoms with Gasteiger partial charge in [0.2, 0.25) is 0 Å². The van der Waals surface area contributed by atoms with Crippen molar-refractivity contribution in [3.8, 4) is 0 Å². The fraction of sp³-hybridized carbons (Fsp3) is 1.00. The molecule has 0 atom stereocenters. The Kier molecular flexibility index (Phi) is 11.4. The van der Waals surface area contributed by atoms with Crippen LogP contribution in [-0.4, -0.2) is 49.2 Å². The van der Waals surface area contributed by atoms with E-state index in [4.69, 9.17) is 17.5 Å². The number of hydrogen-bond donors (Lipinski definition) is 0. The van der Waals surface area contributed by atoms with Crippen molar-refractivity contribution < 1.29 is 40.9 Å². The first kappa shape index (κ1) is 19.1. The van der Waals surface area contributed by atoms with Crippen LogP contribution in [-0.2, 0) is 10.4 Å². The van der Waals surface area contributed by atoms with E-state index in [1.54, 1.807) is 0 Å². The van der Waals surface area contributed by atoms with Gasteiger partial charge < -0.3 is 13.6 Å². The molecule has 0 rings (SSSR count). The average Bonchev–Trinajstić information content (AvgIpc) is 1.85. The fourth-order valence-corrected chi connectivity index (χ4v) is 0.224. The molecule has 0 spiro atoms. The minimum absolute atomic E-state index is 0. The average molecular weight is 205 g/mol. The van der Waals surface area contributed by atoms with Gasteiger partial charge in [-0.05, 0) is 13.8 Å². The van der Waals surface area contributed by atoms with Crippen molar-refractivity contribution in [1.82, 2.24) is 0 Å². The second kappa shape index (κ2) is 7.80. The van der Waals surface area contributed by atoms with Gasteiger partial charge in [-0.25, -0.2) is 0 Å². The quantitative estimate of drug-likeness (QED) is 0.205. The predicted molar refractivity (Wildman–Crippen MR) is 43.7 cm³/mol. The molecule has 0 aromatic carbocycles. The van der Waals surface area contributed by atoms with Crippen molar-refractivity contribution in [3.05, 3.63) is 0 Å². The van der Waals surface area contributed by atoms with Gasteiger partial charge in [-0.3, -0.25) is 8.42 Å². The summed E-state index contributed by atoms with van der Waals surface area (Å²) in [6.45, 7) is 6.89. The van der Waals surface area contributed by atoms with Crippen molar-refractivity contribution in [3.63, 3.8) is 0 Å². The Morgan fingerprint density at radius 1 is 1.08 bits per heavy atom. The molecule has 0 aliphatic rings. The minimum Gasteiger partial charge on any atom is -0.759 e. The topological polar surface area (TPSA) is 80.3 Å². The molecular weight excluding hydrogens is 189 g/mol. The Balaban J connectivity index is -0.000000150. The maximum Gasteiger partial charge on any atom is 1.00 e. The SMILES string of the molecule is CC[N+](C)(C)CC.O=S(=O)([O-])[O-].[Li+]. The molecule has 0 aromatic heterocycles. The van der Waals surface area contributed by atoms with Gasteiger partial charge in [0.05, 0.1) is 27.2 Å². The first-order chi connectivity index (χ1) is 5.12. The van der Waals surface area contributed by atoms with Gasteiger partial charge in [-0.2, -0.15) is 0 Å². The van der Waals surface area contributed by atoms with Crippen LogP contribution >= 0.6 is 0 Å². The predicted octanol–water partition coefficient (Wildman–Crippen LogP) is -3.23. The zero-order valence-electron chi connectivity index (χ0n) is 8.90. The number of hydrogen-bond acceptors (Lipinski definition) is 4. The van der Waals surface area contributed by atoms with Crippen molar-refractivity contribution in [2.24, 2.45) is 0 Å². The van der Waals surface area contributed by atoms with Gasteiger partial charge in [0.15, 0.2) is 0 Å².